The Morgan fingerprint density at radius 1 is 1.29 bits per heavy atom. The van der Waals surface area contributed by atoms with Crippen molar-refractivity contribution < 1.29 is 9.53 Å². The summed E-state index contributed by atoms with van der Waals surface area (Å²) in [6.07, 6.45) is 8.19. The molecule has 2 saturated heterocycles. The lowest BCUT2D eigenvalue weighted by molar-refractivity contribution is -0.0186. The summed E-state index contributed by atoms with van der Waals surface area (Å²) in [6, 6.07) is 5.99. The Kier molecular flexibility index (Phi) is 4.14. The maximum atomic E-state index is 12.6. The molecule has 2 fully saturated rings. The van der Waals surface area contributed by atoms with Crippen LogP contribution in [0, 0.1) is 5.41 Å². The maximum absolute atomic E-state index is 12.6. The largest absolute Gasteiger partial charge is 0.381 e. The second-order valence-electron chi connectivity index (χ2n) is 7.00. The molecule has 2 amide bonds. The van der Waals surface area contributed by atoms with Crippen LogP contribution in [0.1, 0.15) is 31.2 Å². The number of pyridine rings is 1. The zero-order chi connectivity index (χ0) is 16.4. The smallest absolute Gasteiger partial charge is 0.317 e. The van der Waals surface area contributed by atoms with Crippen molar-refractivity contribution in [3.05, 3.63) is 36.2 Å². The van der Waals surface area contributed by atoms with E-state index in [1.165, 1.54) is 6.42 Å². The van der Waals surface area contributed by atoms with Crippen molar-refractivity contribution in [1.82, 2.24) is 19.8 Å². The van der Waals surface area contributed by atoms with Gasteiger partial charge in [-0.3, -0.25) is 0 Å². The molecule has 2 aromatic rings. The van der Waals surface area contributed by atoms with Gasteiger partial charge in [-0.2, -0.15) is 5.10 Å². The fourth-order valence-electron chi connectivity index (χ4n) is 4.00. The topological polar surface area (TPSA) is 58.9 Å². The van der Waals surface area contributed by atoms with E-state index in [1.54, 1.807) is 0 Å². The fourth-order valence-corrected chi connectivity index (χ4v) is 4.00. The predicted molar refractivity (Wildman–Crippen MR) is 90.7 cm³/mol. The Morgan fingerprint density at radius 2 is 2.17 bits per heavy atom. The number of carbonyl (C=O) groups is 1. The molecule has 128 valence electrons. The minimum atomic E-state index is 0.0378. The number of hydrogen-bond acceptors (Lipinski definition) is 3. The van der Waals surface area contributed by atoms with Crippen LogP contribution in [0.4, 0.5) is 4.79 Å². The molecule has 0 saturated carbocycles. The molecule has 1 spiro atoms. The molecule has 0 bridgehead atoms. The van der Waals surface area contributed by atoms with Gasteiger partial charge in [-0.05, 0) is 43.2 Å². The summed E-state index contributed by atoms with van der Waals surface area (Å²) in [6.45, 7) is 3.88. The van der Waals surface area contributed by atoms with Crippen LogP contribution in [0.2, 0.25) is 0 Å². The molecule has 0 aromatic carbocycles. The highest BCUT2D eigenvalue weighted by Crippen LogP contribution is 2.39. The molecule has 24 heavy (non-hydrogen) atoms. The molecule has 6 heteroatoms. The van der Waals surface area contributed by atoms with Crippen molar-refractivity contribution in [3.8, 4) is 0 Å². The van der Waals surface area contributed by atoms with Crippen molar-refractivity contribution in [2.45, 2.75) is 32.2 Å². The molecule has 0 radical (unpaired) electrons. The second kappa shape index (κ2) is 6.43. The number of fused-ring (bicyclic) bond motifs is 1. The first-order chi connectivity index (χ1) is 11.8. The van der Waals surface area contributed by atoms with Gasteiger partial charge in [-0.15, -0.1) is 0 Å². The lowest BCUT2D eigenvalue weighted by Gasteiger charge is -2.45. The summed E-state index contributed by atoms with van der Waals surface area (Å²) >= 11 is 0. The minimum absolute atomic E-state index is 0.0378. The van der Waals surface area contributed by atoms with E-state index in [9.17, 15) is 4.79 Å². The SMILES string of the molecule is O=C(NCc1cnn2ccccc12)N1CCCC2(CCOCC2)C1. The van der Waals surface area contributed by atoms with Gasteiger partial charge in [0, 0.05) is 44.6 Å². The van der Waals surface area contributed by atoms with Gasteiger partial charge in [0.1, 0.15) is 0 Å². The number of nitrogens with one attached hydrogen (secondary N) is 1. The van der Waals surface area contributed by atoms with E-state index < -0.39 is 0 Å². The van der Waals surface area contributed by atoms with Crippen molar-refractivity contribution in [2.75, 3.05) is 26.3 Å². The summed E-state index contributed by atoms with van der Waals surface area (Å²) in [5.74, 6) is 0. The average molecular weight is 328 g/mol. The van der Waals surface area contributed by atoms with Gasteiger partial charge in [0.25, 0.3) is 0 Å². The quantitative estimate of drug-likeness (QED) is 0.921. The number of carbonyl (C=O) groups excluding carboxylic acids is 1. The van der Waals surface area contributed by atoms with Gasteiger partial charge >= 0.3 is 6.03 Å². The number of hydrogen-bond donors (Lipinski definition) is 1. The Hall–Kier alpha value is -2.08. The van der Waals surface area contributed by atoms with Crippen molar-refractivity contribution in [2.24, 2.45) is 5.41 Å². The number of likely N-dealkylation sites (tertiary alicyclic amines) is 1. The molecule has 1 N–H and O–H groups in total. The van der Waals surface area contributed by atoms with E-state index in [-0.39, 0.29) is 11.4 Å². The van der Waals surface area contributed by atoms with Crippen LogP contribution in [-0.2, 0) is 11.3 Å². The number of amides is 2. The van der Waals surface area contributed by atoms with Gasteiger partial charge in [0.2, 0.25) is 0 Å². The van der Waals surface area contributed by atoms with E-state index in [0.717, 1.165) is 56.6 Å². The van der Waals surface area contributed by atoms with Gasteiger partial charge < -0.3 is 15.0 Å². The molecule has 6 nitrogen and oxygen atoms in total. The number of urea groups is 1. The molecule has 2 aliphatic heterocycles. The predicted octanol–water partition coefficient (Wildman–Crippen LogP) is 2.44. The van der Waals surface area contributed by atoms with Crippen LogP contribution in [0.5, 0.6) is 0 Å². The van der Waals surface area contributed by atoms with E-state index in [0.29, 0.717) is 6.54 Å². The highest BCUT2D eigenvalue weighted by Gasteiger charge is 2.38. The third kappa shape index (κ3) is 2.98. The number of ether oxygens (including phenoxy) is 1. The van der Waals surface area contributed by atoms with Crippen LogP contribution in [0.25, 0.3) is 5.52 Å². The fraction of sp³-hybridized carbons (Fsp3) is 0.556. The molecule has 2 aromatic heterocycles. The average Bonchev–Trinajstić information content (AvgIpc) is 3.03. The first-order valence-corrected chi connectivity index (χ1v) is 8.78. The van der Waals surface area contributed by atoms with E-state index in [1.807, 2.05) is 40.0 Å². The third-order valence-electron chi connectivity index (χ3n) is 5.44. The molecule has 0 unspecified atom stereocenters. The maximum Gasteiger partial charge on any atom is 0.317 e. The molecule has 0 atom stereocenters. The lowest BCUT2D eigenvalue weighted by atomic mass is 9.74. The Bertz CT molecular complexity index is 715. The normalized spacial score (nSPS) is 20.4. The summed E-state index contributed by atoms with van der Waals surface area (Å²) < 4.78 is 7.33. The highest BCUT2D eigenvalue weighted by molar-refractivity contribution is 5.74. The van der Waals surface area contributed by atoms with Gasteiger partial charge in [-0.25, -0.2) is 9.31 Å². The molecule has 4 heterocycles. The molecule has 4 rings (SSSR count). The van der Waals surface area contributed by atoms with E-state index in [4.69, 9.17) is 4.74 Å². The Labute approximate surface area is 141 Å². The van der Waals surface area contributed by atoms with Crippen molar-refractivity contribution in [1.29, 1.82) is 0 Å². The van der Waals surface area contributed by atoms with Crippen molar-refractivity contribution in [3.63, 3.8) is 0 Å². The van der Waals surface area contributed by atoms with Crippen molar-refractivity contribution >= 4 is 11.5 Å². The van der Waals surface area contributed by atoms with E-state index >= 15 is 0 Å². The molecule has 2 aliphatic rings. The number of aromatic nitrogens is 2. The van der Waals surface area contributed by atoms with Gasteiger partial charge in [0.05, 0.1) is 11.7 Å². The van der Waals surface area contributed by atoms with Crippen LogP contribution >= 0.6 is 0 Å². The first-order valence-electron chi connectivity index (χ1n) is 8.78. The summed E-state index contributed by atoms with van der Waals surface area (Å²) in [4.78, 5) is 14.6. The monoisotopic (exact) mass is 328 g/mol. The zero-order valence-electron chi connectivity index (χ0n) is 13.9. The second-order valence-corrected chi connectivity index (χ2v) is 7.00. The molecular weight excluding hydrogens is 304 g/mol. The summed E-state index contributed by atoms with van der Waals surface area (Å²) in [5.41, 5.74) is 2.36. The van der Waals surface area contributed by atoms with Crippen LogP contribution < -0.4 is 5.32 Å². The Balaban J connectivity index is 1.39. The third-order valence-corrected chi connectivity index (χ3v) is 5.44. The van der Waals surface area contributed by atoms with E-state index in [2.05, 4.69) is 10.4 Å². The first kappa shape index (κ1) is 15.4. The van der Waals surface area contributed by atoms with Gasteiger partial charge in [-0.1, -0.05) is 6.07 Å². The minimum Gasteiger partial charge on any atom is -0.381 e. The number of rotatable bonds is 2. The standard InChI is InChI=1S/C18H24N4O2/c23-17(19-12-15-13-20-22-9-2-1-4-16(15)22)21-8-3-5-18(14-21)6-10-24-11-7-18/h1-2,4,9,13H,3,5-8,10-12,14H2,(H,19,23). The zero-order valence-corrected chi connectivity index (χ0v) is 13.9. The number of piperidine rings is 1. The van der Waals surface area contributed by atoms with Crippen LogP contribution in [0.15, 0.2) is 30.6 Å². The molecule has 0 aliphatic carbocycles. The lowest BCUT2D eigenvalue weighted by Crippen LogP contribution is -2.51. The van der Waals surface area contributed by atoms with Gasteiger partial charge in [0.15, 0.2) is 0 Å². The summed E-state index contributed by atoms with van der Waals surface area (Å²) in [5, 5.41) is 7.39. The van der Waals surface area contributed by atoms with Crippen LogP contribution in [0.3, 0.4) is 0 Å². The summed E-state index contributed by atoms with van der Waals surface area (Å²) in [7, 11) is 0. The van der Waals surface area contributed by atoms with Crippen LogP contribution in [-0.4, -0.2) is 46.8 Å². The number of nitrogens with zero attached hydrogens (tertiary/aromatic N) is 3. The molecular formula is C18H24N4O2. The Morgan fingerprint density at radius 3 is 3.04 bits per heavy atom. The highest BCUT2D eigenvalue weighted by atomic mass is 16.5.